The number of halogens is 6. The van der Waals surface area contributed by atoms with Gasteiger partial charge in [-0.1, -0.05) is 31.0 Å². The Bertz CT molecular complexity index is 883. The number of hydrogen-bond acceptors (Lipinski definition) is 1. The van der Waals surface area contributed by atoms with Gasteiger partial charge in [0.2, 0.25) is 5.91 Å². The van der Waals surface area contributed by atoms with Crippen LogP contribution in [-0.2, 0) is 11.0 Å². The first-order valence-electron chi connectivity index (χ1n) is 8.26. The van der Waals surface area contributed by atoms with Crippen molar-refractivity contribution in [1.29, 1.82) is 0 Å². The van der Waals surface area contributed by atoms with Crippen LogP contribution in [0.25, 0.3) is 0 Å². The van der Waals surface area contributed by atoms with E-state index in [1.807, 2.05) is 6.92 Å². The lowest BCUT2D eigenvalue weighted by Gasteiger charge is -2.19. The van der Waals surface area contributed by atoms with Crippen LogP contribution in [-0.4, -0.2) is 12.5 Å². The van der Waals surface area contributed by atoms with Gasteiger partial charge in [0, 0.05) is 12.2 Å². The van der Waals surface area contributed by atoms with E-state index in [1.165, 1.54) is 17.0 Å². The third-order valence-corrected chi connectivity index (χ3v) is 5.14. The van der Waals surface area contributed by atoms with Gasteiger partial charge in [0.25, 0.3) is 0 Å². The Morgan fingerprint density at radius 2 is 1.81 bits per heavy atom. The lowest BCUT2D eigenvalue weighted by Crippen LogP contribution is -2.26. The zero-order valence-electron chi connectivity index (χ0n) is 14.2. The van der Waals surface area contributed by atoms with Gasteiger partial charge in [-0.15, -0.1) is 0 Å². The summed E-state index contributed by atoms with van der Waals surface area (Å²) in [5.41, 5.74) is -0.655. The maximum Gasteiger partial charge on any atom is 0.417 e. The summed E-state index contributed by atoms with van der Waals surface area (Å²) >= 11 is 5.64. The average molecular weight is 404 g/mol. The Hall–Kier alpha value is -2.15. The van der Waals surface area contributed by atoms with Crippen molar-refractivity contribution in [3.05, 3.63) is 64.2 Å². The molecule has 0 aromatic heterocycles. The largest absolute Gasteiger partial charge is 0.417 e. The molecule has 1 saturated heterocycles. The minimum atomic E-state index is -4.65. The number of carbonyl (C=O) groups is 1. The molecule has 1 heterocycles. The van der Waals surface area contributed by atoms with Crippen LogP contribution in [0.4, 0.5) is 27.6 Å². The highest BCUT2D eigenvalue weighted by molar-refractivity contribution is 6.31. The summed E-state index contributed by atoms with van der Waals surface area (Å²) in [4.78, 5) is 14.2. The smallest absolute Gasteiger partial charge is 0.312 e. The van der Waals surface area contributed by atoms with Crippen LogP contribution in [0.2, 0.25) is 5.02 Å². The van der Waals surface area contributed by atoms with Gasteiger partial charge in [-0.3, -0.25) is 4.79 Å². The molecule has 2 unspecified atom stereocenters. The van der Waals surface area contributed by atoms with Crippen molar-refractivity contribution in [2.45, 2.75) is 25.4 Å². The minimum absolute atomic E-state index is 0.0697. The van der Waals surface area contributed by atoms with E-state index in [2.05, 4.69) is 0 Å². The zero-order valence-corrected chi connectivity index (χ0v) is 14.9. The fourth-order valence-corrected chi connectivity index (χ4v) is 3.64. The molecule has 2 aromatic rings. The van der Waals surface area contributed by atoms with Crippen LogP contribution in [0.1, 0.15) is 30.4 Å². The summed E-state index contributed by atoms with van der Waals surface area (Å²) in [6.45, 7) is 2.01. The molecule has 0 spiro atoms. The number of nitrogens with zero attached hydrogens (tertiary/aromatic N) is 1. The first-order valence-corrected chi connectivity index (χ1v) is 8.64. The molecule has 0 radical (unpaired) electrons. The summed E-state index contributed by atoms with van der Waals surface area (Å²) < 4.78 is 66.2. The quantitative estimate of drug-likeness (QED) is 0.594. The van der Waals surface area contributed by atoms with Crippen LogP contribution in [0, 0.1) is 17.6 Å². The molecule has 0 saturated carbocycles. The predicted molar refractivity (Wildman–Crippen MR) is 91.7 cm³/mol. The maximum absolute atomic E-state index is 13.6. The minimum Gasteiger partial charge on any atom is -0.312 e. The molecule has 1 aliphatic rings. The molecule has 2 nitrogen and oxygen atoms in total. The second kappa shape index (κ2) is 7.11. The van der Waals surface area contributed by atoms with Gasteiger partial charge in [-0.2, -0.15) is 13.2 Å². The molecule has 2 atom stereocenters. The first kappa shape index (κ1) is 19.6. The molecule has 1 amide bonds. The number of alkyl halides is 3. The molecule has 1 aliphatic heterocycles. The Kier molecular flexibility index (Phi) is 5.16. The molecule has 0 N–H and O–H groups in total. The third kappa shape index (κ3) is 3.65. The highest BCUT2D eigenvalue weighted by Crippen LogP contribution is 2.41. The summed E-state index contributed by atoms with van der Waals surface area (Å²) in [6.07, 6.45) is -4.11. The SMILES string of the molecule is CCC1CN(c2ccc(Cl)c(C(F)(F)F)c2)C(=O)C1c1ccc(F)c(F)c1. The number of anilines is 1. The fourth-order valence-electron chi connectivity index (χ4n) is 3.42. The standard InChI is InChI=1S/C19H15ClF5NO/c1-2-10-9-26(12-4-5-14(20)13(8-12)19(23,24)25)18(27)17(10)11-3-6-15(21)16(22)7-11/h3-8,10,17H,2,9H2,1H3. The van der Waals surface area contributed by atoms with Crippen molar-refractivity contribution in [3.63, 3.8) is 0 Å². The van der Waals surface area contributed by atoms with Crippen molar-refractivity contribution < 1.29 is 26.7 Å². The zero-order chi connectivity index (χ0) is 19.9. The van der Waals surface area contributed by atoms with Crippen molar-refractivity contribution >= 4 is 23.2 Å². The summed E-state index contributed by atoms with van der Waals surface area (Å²) in [7, 11) is 0. The van der Waals surface area contributed by atoms with E-state index in [-0.39, 0.29) is 18.2 Å². The van der Waals surface area contributed by atoms with E-state index < -0.39 is 40.2 Å². The van der Waals surface area contributed by atoms with Crippen molar-refractivity contribution in [1.82, 2.24) is 0 Å². The number of hydrogen-bond donors (Lipinski definition) is 0. The van der Waals surface area contributed by atoms with E-state index in [9.17, 15) is 26.7 Å². The Labute approximate surface area is 157 Å². The summed E-state index contributed by atoms with van der Waals surface area (Å²) in [6, 6.07) is 6.51. The van der Waals surface area contributed by atoms with Crippen molar-refractivity contribution in [2.75, 3.05) is 11.4 Å². The molecule has 3 rings (SSSR count). The normalized spacial score (nSPS) is 20.4. The number of amides is 1. The van der Waals surface area contributed by atoms with Crippen molar-refractivity contribution in [3.8, 4) is 0 Å². The van der Waals surface area contributed by atoms with E-state index >= 15 is 0 Å². The van der Waals surface area contributed by atoms with Crippen molar-refractivity contribution in [2.24, 2.45) is 5.92 Å². The van der Waals surface area contributed by atoms with E-state index in [0.29, 0.717) is 12.0 Å². The Morgan fingerprint density at radius 1 is 1.11 bits per heavy atom. The molecular formula is C19H15ClF5NO. The van der Waals surface area contributed by atoms with Gasteiger partial charge in [0.15, 0.2) is 11.6 Å². The van der Waals surface area contributed by atoms with Crippen LogP contribution in [0.3, 0.4) is 0 Å². The topological polar surface area (TPSA) is 20.3 Å². The monoisotopic (exact) mass is 403 g/mol. The molecule has 0 bridgehead atoms. The van der Waals surface area contributed by atoms with Crippen LogP contribution >= 0.6 is 11.6 Å². The third-order valence-electron chi connectivity index (χ3n) is 4.81. The molecule has 2 aromatic carbocycles. The number of benzene rings is 2. The lowest BCUT2D eigenvalue weighted by atomic mass is 9.87. The number of carbonyl (C=O) groups excluding carboxylic acids is 1. The van der Waals surface area contributed by atoms with Gasteiger partial charge in [0.1, 0.15) is 0 Å². The summed E-state index contributed by atoms with van der Waals surface area (Å²) in [5, 5.41) is -0.456. The average Bonchev–Trinajstić information content (AvgIpc) is 2.93. The van der Waals surface area contributed by atoms with Crippen LogP contribution < -0.4 is 4.90 Å². The Morgan fingerprint density at radius 3 is 2.41 bits per heavy atom. The van der Waals surface area contributed by atoms with Gasteiger partial charge in [-0.25, -0.2) is 8.78 Å². The fraction of sp³-hybridized carbons (Fsp3) is 0.316. The molecular weight excluding hydrogens is 389 g/mol. The van der Waals surface area contributed by atoms with E-state index in [0.717, 1.165) is 24.3 Å². The number of rotatable bonds is 3. The molecule has 144 valence electrons. The lowest BCUT2D eigenvalue weighted by molar-refractivity contribution is -0.137. The summed E-state index contributed by atoms with van der Waals surface area (Å²) in [5.74, 6) is -3.55. The molecule has 0 aliphatic carbocycles. The van der Waals surface area contributed by atoms with Crippen LogP contribution in [0.15, 0.2) is 36.4 Å². The molecule has 8 heteroatoms. The predicted octanol–water partition coefficient (Wildman–Crippen LogP) is 5.79. The van der Waals surface area contributed by atoms with Crippen LogP contribution in [0.5, 0.6) is 0 Å². The van der Waals surface area contributed by atoms with Gasteiger partial charge in [0.05, 0.1) is 16.5 Å². The second-order valence-corrected chi connectivity index (χ2v) is 6.84. The van der Waals surface area contributed by atoms with E-state index in [1.54, 1.807) is 0 Å². The maximum atomic E-state index is 13.6. The second-order valence-electron chi connectivity index (χ2n) is 6.43. The van der Waals surface area contributed by atoms with Gasteiger partial charge in [-0.05, 0) is 41.8 Å². The van der Waals surface area contributed by atoms with E-state index in [4.69, 9.17) is 11.6 Å². The molecule has 27 heavy (non-hydrogen) atoms. The molecule has 1 fully saturated rings. The van der Waals surface area contributed by atoms with Gasteiger partial charge < -0.3 is 4.90 Å². The van der Waals surface area contributed by atoms with Gasteiger partial charge >= 0.3 is 6.18 Å². The highest BCUT2D eigenvalue weighted by atomic mass is 35.5. The first-order chi connectivity index (χ1) is 12.6. The highest BCUT2D eigenvalue weighted by Gasteiger charge is 2.42. The Balaban J connectivity index is 1.99.